The first kappa shape index (κ1) is 13.2. The molecule has 0 saturated carbocycles. The molecule has 0 aliphatic carbocycles. The third-order valence-corrected chi connectivity index (χ3v) is 2.16. The Morgan fingerprint density at radius 1 is 1.29 bits per heavy atom. The van der Waals surface area contributed by atoms with Crippen LogP contribution in [0.5, 0.6) is 5.75 Å². The van der Waals surface area contributed by atoms with E-state index in [2.05, 4.69) is 12.2 Å². The van der Waals surface area contributed by atoms with Crippen LogP contribution in [0.15, 0.2) is 18.2 Å². The lowest BCUT2D eigenvalue weighted by Gasteiger charge is -2.10. The van der Waals surface area contributed by atoms with E-state index < -0.39 is 0 Å². The van der Waals surface area contributed by atoms with Crippen molar-refractivity contribution in [3.8, 4) is 5.75 Å². The van der Waals surface area contributed by atoms with Crippen LogP contribution in [-0.2, 0) is 16.0 Å². The molecule has 1 N–H and O–H groups in total. The predicted octanol–water partition coefficient (Wildman–Crippen LogP) is 2.52. The van der Waals surface area contributed by atoms with Crippen LogP contribution in [0, 0.1) is 0 Å². The molecule has 0 fully saturated rings. The second-order valence-corrected chi connectivity index (χ2v) is 3.85. The van der Waals surface area contributed by atoms with E-state index in [-0.39, 0.29) is 11.9 Å². The molecule has 1 amide bonds. The minimum Gasteiger partial charge on any atom is -0.426 e. The van der Waals surface area contributed by atoms with Crippen LogP contribution in [0.3, 0.4) is 0 Å². The molecule has 0 heterocycles. The molecule has 4 nitrogen and oxygen atoms in total. The normalized spacial score (nSPS) is 9.82. The average Bonchev–Trinajstić information content (AvgIpc) is 2.20. The number of carbonyl (C=O) groups excluding carboxylic acids is 2. The molecule has 0 bridgehead atoms. The Hall–Kier alpha value is -1.84. The minimum atomic E-state index is -0.359. The maximum Gasteiger partial charge on any atom is 0.308 e. The molecule has 0 aliphatic rings. The zero-order valence-electron chi connectivity index (χ0n) is 10.4. The summed E-state index contributed by atoms with van der Waals surface area (Å²) >= 11 is 0. The van der Waals surface area contributed by atoms with Gasteiger partial charge in [-0.3, -0.25) is 9.59 Å². The lowest BCUT2D eigenvalue weighted by Crippen LogP contribution is -2.08. The van der Waals surface area contributed by atoms with Crippen molar-refractivity contribution in [1.82, 2.24) is 0 Å². The monoisotopic (exact) mass is 235 g/mol. The highest BCUT2D eigenvalue weighted by molar-refractivity contribution is 5.89. The number of ether oxygens (including phenoxy) is 1. The van der Waals surface area contributed by atoms with Crippen LogP contribution in [0.4, 0.5) is 5.69 Å². The maximum absolute atomic E-state index is 11.0. The van der Waals surface area contributed by atoms with Crippen molar-refractivity contribution < 1.29 is 14.3 Å². The molecule has 1 rings (SSSR count). The number of amides is 1. The van der Waals surface area contributed by atoms with Crippen molar-refractivity contribution in [2.75, 3.05) is 5.32 Å². The molecule has 0 aliphatic heterocycles. The third kappa shape index (κ3) is 4.26. The third-order valence-electron chi connectivity index (χ3n) is 2.16. The molecule has 0 atom stereocenters. The Bertz CT molecular complexity index is 427. The van der Waals surface area contributed by atoms with Crippen molar-refractivity contribution >= 4 is 17.6 Å². The summed E-state index contributed by atoms with van der Waals surface area (Å²) < 4.78 is 5.13. The van der Waals surface area contributed by atoms with E-state index in [1.807, 2.05) is 6.07 Å². The Morgan fingerprint density at radius 3 is 2.53 bits per heavy atom. The highest BCUT2D eigenvalue weighted by Crippen LogP contribution is 2.25. The zero-order chi connectivity index (χ0) is 12.8. The fraction of sp³-hybridized carbons (Fsp3) is 0.385. The Kier molecular flexibility index (Phi) is 4.69. The number of carbonyl (C=O) groups is 2. The number of anilines is 1. The molecule has 0 unspecified atom stereocenters. The van der Waals surface area contributed by atoms with Gasteiger partial charge in [0.15, 0.2) is 0 Å². The summed E-state index contributed by atoms with van der Waals surface area (Å²) in [6.45, 7) is 4.85. The Morgan fingerprint density at radius 2 is 2.00 bits per heavy atom. The first-order chi connectivity index (χ1) is 8.02. The molecule has 17 heavy (non-hydrogen) atoms. The van der Waals surface area contributed by atoms with Gasteiger partial charge in [-0.05, 0) is 18.1 Å². The van der Waals surface area contributed by atoms with Crippen molar-refractivity contribution in [2.24, 2.45) is 0 Å². The lowest BCUT2D eigenvalue weighted by atomic mass is 10.1. The summed E-state index contributed by atoms with van der Waals surface area (Å²) in [5, 5.41) is 2.66. The van der Waals surface area contributed by atoms with Crippen LogP contribution >= 0.6 is 0 Å². The smallest absolute Gasteiger partial charge is 0.308 e. The van der Waals surface area contributed by atoms with Gasteiger partial charge in [0.05, 0.1) is 0 Å². The van der Waals surface area contributed by atoms with Gasteiger partial charge >= 0.3 is 5.97 Å². The van der Waals surface area contributed by atoms with Gasteiger partial charge in [0.1, 0.15) is 5.75 Å². The van der Waals surface area contributed by atoms with E-state index in [4.69, 9.17) is 4.74 Å². The molecule has 1 aromatic carbocycles. The van der Waals surface area contributed by atoms with Crippen molar-refractivity contribution in [1.29, 1.82) is 0 Å². The first-order valence-electron chi connectivity index (χ1n) is 5.62. The van der Waals surface area contributed by atoms with Gasteiger partial charge < -0.3 is 10.1 Å². The van der Waals surface area contributed by atoms with E-state index in [1.54, 1.807) is 12.1 Å². The molecule has 4 heteroatoms. The zero-order valence-corrected chi connectivity index (χ0v) is 10.4. The molecule has 1 aromatic rings. The fourth-order valence-corrected chi connectivity index (χ4v) is 1.56. The molecule has 0 radical (unpaired) electrons. The molecule has 0 aromatic heterocycles. The Balaban J connectivity index is 3.00. The van der Waals surface area contributed by atoms with Gasteiger partial charge in [0.2, 0.25) is 5.91 Å². The van der Waals surface area contributed by atoms with Crippen molar-refractivity contribution in [2.45, 2.75) is 33.6 Å². The average molecular weight is 235 g/mol. The summed E-state index contributed by atoms with van der Waals surface area (Å²) in [7, 11) is 0. The van der Waals surface area contributed by atoms with Crippen molar-refractivity contribution in [3.05, 3.63) is 23.8 Å². The summed E-state index contributed by atoms with van der Waals surface area (Å²) in [5.41, 5.74) is 1.60. The minimum absolute atomic E-state index is 0.151. The van der Waals surface area contributed by atoms with E-state index in [0.717, 1.165) is 18.4 Å². The van der Waals surface area contributed by atoms with Crippen molar-refractivity contribution in [3.63, 3.8) is 0 Å². The maximum atomic E-state index is 11.0. The number of aryl methyl sites for hydroxylation is 1. The lowest BCUT2D eigenvalue weighted by molar-refractivity contribution is -0.131. The van der Waals surface area contributed by atoms with E-state index in [1.165, 1.54) is 13.8 Å². The summed E-state index contributed by atoms with van der Waals surface area (Å²) in [6, 6.07) is 5.35. The van der Waals surface area contributed by atoms with E-state index >= 15 is 0 Å². The first-order valence-corrected chi connectivity index (χ1v) is 5.62. The second-order valence-electron chi connectivity index (χ2n) is 3.85. The quantitative estimate of drug-likeness (QED) is 0.644. The molecule has 0 spiro atoms. The fourth-order valence-electron chi connectivity index (χ4n) is 1.56. The summed E-state index contributed by atoms with van der Waals surface area (Å²) in [6.07, 6.45) is 1.80. The van der Waals surface area contributed by atoms with Crippen LogP contribution in [-0.4, -0.2) is 11.9 Å². The largest absolute Gasteiger partial charge is 0.426 e. The van der Waals surface area contributed by atoms with Crippen LogP contribution < -0.4 is 10.1 Å². The summed E-state index contributed by atoms with van der Waals surface area (Å²) in [5.74, 6) is 0.00921. The van der Waals surface area contributed by atoms with Gasteiger partial charge in [-0.2, -0.15) is 0 Å². The highest BCUT2D eigenvalue weighted by atomic mass is 16.5. The van der Waals surface area contributed by atoms with Crippen LogP contribution in [0.1, 0.15) is 32.8 Å². The van der Waals surface area contributed by atoms with Gasteiger partial charge in [-0.25, -0.2) is 0 Å². The second kappa shape index (κ2) is 6.03. The van der Waals surface area contributed by atoms with Crippen LogP contribution in [0.2, 0.25) is 0 Å². The molecule has 92 valence electrons. The topological polar surface area (TPSA) is 55.4 Å². The van der Waals surface area contributed by atoms with Crippen LogP contribution in [0.25, 0.3) is 0 Å². The number of nitrogens with one attached hydrogen (secondary N) is 1. The number of benzene rings is 1. The van der Waals surface area contributed by atoms with Gasteiger partial charge in [-0.15, -0.1) is 0 Å². The van der Waals surface area contributed by atoms with E-state index in [0.29, 0.717) is 11.4 Å². The number of rotatable bonds is 4. The van der Waals surface area contributed by atoms with Gasteiger partial charge in [0, 0.05) is 25.6 Å². The SMILES string of the molecule is CCCc1ccc(NC(C)=O)cc1OC(C)=O. The standard InChI is InChI=1S/C13H17NO3/c1-4-5-11-6-7-12(14-9(2)15)8-13(11)17-10(3)16/h6-8H,4-5H2,1-3H3,(H,14,15). The number of esters is 1. The van der Waals surface area contributed by atoms with Gasteiger partial charge in [-0.1, -0.05) is 19.4 Å². The summed E-state index contributed by atoms with van der Waals surface area (Å²) in [4.78, 5) is 21.9. The predicted molar refractivity (Wildman–Crippen MR) is 66.0 cm³/mol. The molecule has 0 saturated heterocycles. The number of hydrogen-bond donors (Lipinski definition) is 1. The molecular formula is C13H17NO3. The molecular weight excluding hydrogens is 218 g/mol. The Labute approximate surface area is 101 Å². The highest BCUT2D eigenvalue weighted by Gasteiger charge is 2.07. The van der Waals surface area contributed by atoms with Gasteiger partial charge in [0.25, 0.3) is 0 Å². The van der Waals surface area contributed by atoms with E-state index in [9.17, 15) is 9.59 Å². The number of hydrogen-bond acceptors (Lipinski definition) is 3.